The van der Waals surface area contributed by atoms with Gasteiger partial charge < -0.3 is 9.72 Å². The van der Waals surface area contributed by atoms with Gasteiger partial charge in [-0.2, -0.15) is 18.3 Å². The van der Waals surface area contributed by atoms with Crippen LogP contribution in [0.2, 0.25) is 0 Å². The number of halogens is 4. The Morgan fingerprint density at radius 1 is 1.05 bits per heavy atom. The highest BCUT2D eigenvalue weighted by atomic mass is 19.4. The Morgan fingerprint density at radius 2 is 1.82 bits per heavy atom. The first-order valence-electron chi connectivity index (χ1n) is 11.2. The molecule has 0 unspecified atom stereocenters. The maximum atomic E-state index is 13.7. The molecule has 38 heavy (non-hydrogen) atoms. The van der Waals surface area contributed by atoms with Gasteiger partial charge in [0.2, 0.25) is 5.88 Å². The van der Waals surface area contributed by atoms with Crippen LogP contribution in [0.4, 0.5) is 17.6 Å². The summed E-state index contributed by atoms with van der Waals surface area (Å²) in [7, 11) is 1.66. The number of hydrogen-bond acceptors (Lipinski definition) is 7. The van der Waals surface area contributed by atoms with Crippen LogP contribution in [-0.4, -0.2) is 34.9 Å². The molecule has 0 spiro atoms. The molecule has 0 aliphatic carbocycles. The van der Waals surface area contributed by atoms with E-state index >= 15 is 0 Å². The number of fused-ring (bicyclic) bond motifs is 1. The second kappa shape index (κ2) is 9.01. The van der Waals surface area contributed by atoms with Crippen molar-refractivity contribution in [2.24, 2.45) is 7.05 Å². The summed E-state index contributed by atoms with van der Waals surface area (Å²) in [5.74, 6) is 0.187. The van der Waals surface area contributed by atoms with Crippen molar-refractivity contribution in [1.82, 2.24) is 34.9 Å². The van der Waals surface area contributed by atoms with Gasteiger partial charge in [-0.15, -0.1) is 10.2 Å². The third-order valence-corrected chi connectivity index (χ3v) is 5.89. The quantitative estimate of drug-likeness (QED) is 0.327. The number of aromatic amines is 1. The van der Waals surface area contributed by atoms with E-state index in [9.17, 15) is 22.4 Å². The van der Waals surface area contributed by atoms with E-state index in [1.807, 2.05) is 0 Å². The number of rotatable bonds is 4. The van der Waals surface area contributed by atoms with Crippen LogP contribution in [0.15, 0.2) is 41.3 Å². The van der Waals surface area contributed by atoms with Crippen LogP contribution in [0.25, 0.3) is 33.7 Å². The molecule has 1 N–H and O–H groups in total. The summed E-state index contributed by atoms with van der Waals surface area (Å²) < 4.78 is 62.1. The summed E-state index contributed by atoms with van der Waals surface area (Å²) >= 11 is 0. The number of H-pyrrole nitrogens is 1. The van der Waals surface area contributed by atoms with Gasteiger partial charge in [0.25, 0.3) is 0 Å². The summed E-state index contributed by atoms with van der Waals surface area (Å²) in [6.45, 7) is 4.47. The fourth-order valence-corrected chi connectivity index (χ4v) is 4.21. The van der Waals surface area contributed by atoms with Gasteiger partial charge in [0.15, 0.2) is 16.9 Å². The summed E-state index contributed by atoms with van der Waals surface area (Å²) in [5, 5.41) is 11.4. The molecular formula is C25H19F4N7O2. The Bertz CT molecular complexity index is 1780. The van der Waals surface area contributed by atoms with Crippen molar-refractivity contribution < 1.29 is 22.3 Å². The van der Waals surface area contributed by atoms with Crippen molar-refractivity contribution >= 4 is 10.9 Å². The number of alkyl halides is 3. The first-order valence-corrected chi connectivity index (χ1v) is 11.2. The Kier molecular flexibility index (Phi) is 5.93. The molecule has 0 saturated heterocycles. The second-order valence-electron chi connectivity index (χ2n) is 8.60. The Balaban J connectivity index is 1.75. The Hall–Kier alpha value is -4.68. The number of ether oxygens (including phenoxy) is 1. The van der Waals surface area contributed by atoms with Gasteiger partial charge in [0, 0.05) is 19.3 Å². The highest BCUT2D eigenvalue weighted by molar-refractivity contribution is 5.92. The van der Waals surface area contributed by atoms with Crippen molar-refractivity contribution in [3.63, 3.8) is 0 Å². The largest absolute Gasteiger partial charge is 0.437 e. The second-order valence-corrected chi connectivity index (χ2v) is 8.60. The molecule has 0 atom stereocenters. The SMILES string of the molecule is Cc1nc(-c2nccc3[nH]c(-c4c(Oc5ccc(F)cc5C)nnc(C(F)(F)F)c4C)cc(=O)c23)n(C)n1. The van der Waals surface area contributed by atoms with Crippen LogP contribution in [0.3, 0.4) is 0 Å². The molecule has 5 rings (SSSR count). The van der Waals surface area contributed by atoms with Gasteiger partial charge in [-0.1, -0.05) is 0 Å². The lowest BCUT2D eigenvalue weighted by molar-refractivity contribution is -0.142. The van der Waals surface area contributed by atoms with Gasteiger partial charge in [-0.3, -0.25) is 9.78 Å². The monoisotopic (exact) mass is 525 g/mol. The van der Waals surface area contributed by atoms with Gasteiger partial charge in [-0.05, 0) is 56.2 Å². The zero-order valence-corrected chi connectivity index (χ0v) is 20.5. The molecular weight excluding hydrogens is 506 g/mol. The Morgan fingerprint density at radius 3 is 2.47 bits per heavy atom. The summed E-state index contributed by atoms with van der Waals surface area (Å²) in [6.07, 6.45) is -3.37. The molecule has 9 nitrogen and oxygen atoms in total. The minimum atomic E-state index is -4.81. The normalized spacial score (nSPS) is 11.8. The van der Waals surface area contributed by atoms with E-state index in [2.05, 4.69) is 30.2 Å². The lowest BCUT2D eigenvalue weighted by Crippen LogP contribution is -2.15. The Labute approximate surface area is 212 Å². The molecule has 194 valence electrons. The maximum Gasteiger partial charge on any atom is 0.435 e. The molecule has 0 saturated carbocycles. The number of hydrogen-bond donors (Lipinski definition) is 1. The van der Waals surface area contributed by atoms with Crippen LogP contribution in [0, 0.1) is 26.6 Å². The predicted molar refractivity (Wildman–Crippen MR) is 129 cm³/mol. The van der Waals surface area contributed by atoms with Crippen LogP contribution < -0.4 is 10.2 Å². The molecule has 4 heterocycles. The summed E-state index contributed by atoms with van der Waals surface area (Å²) in [6, 6.07) is 6.34. The number of pyridine rings is 2. The first kappa shape index (κ1) is 25.0. The predicted octanol–water partition coefficient (Wildman–Crippen LogP) is 5.05. The van der Waals surface area contributed by atoms with E-state index in [0.717, 1.165) is 12.1 Å². The zero-order valence-electron chi connectivity index (χ0n) is 20.5. The van der Waals surface area contributed by atoms with E-state index in [1.165, 1.54) is 36.0 Å². The van der Waals surface area contributed by atoms with E-state index in [4.69, 9.17) is 4.74 Å². The highest BCUT2D eigenvalue weighted by Gasteiger charge is 2.37. The topological polar surface area (TPSA) is 111 Å². The van der Waals surface area contributed by atoms with E-state index in [0.29, 0.717) is 22.7 Å². The maximum absolute atomic E-state index is 13.7. The molecule has 13 heteroatoms. The zero-order chi connectivity index (χ0) is 27.4. The third-order valence-electron chi connectivity index (χ3n) is 5.89. The first-order chi connectivity index (χ1) is 17.9. The van der Waals surface area contributed by atoms with Crippen LogP contribution >= 0.6 is 0 Å². The van der Waals surface area contributed by atoms with Crippen LogP contribution in [0.1, 0.15) is 22.6 Å². The molecule has 0 amide bonds. The van der Waals surface area contributed by atoms with Gasteiger partial charge in [0.1, 0.15) is 23.1 Å². The van der Waals surface area contributed by atoms with Crippen LogP contribution in [0.5, 0.6) is 11.6 Å². The minimum absolute atomic E-state index is 0.0152. The standard InChI is InChI=1S/C25H19F4N7O2/c1-11-9-14(26)5-6-18(11)38-24-19(12(2)22(33-34-24)25(27,28)29)16-10-17(37)20-15(32-16)7-8-30-21(20)23-31-13(3)35-36(23)4/h5-10H,1-4H3,(H,32,37). The van der Waals surface area contributed by atoms with E-state index in [-0.39, 0.29) is 39.5 Å². The molecule has 1 aromatic carbocycles. The molecule has 4 aromatic heterocycles. The van der Waals surface area contributed by atoms with Crippen molar-refractivity contribution in [3.05, 3.63) is 75.2 Å². The number of nitrogens with zero attached hydrogens (tertiary/aromatic N) is 6. The highest BCUT2D eigenvalue weighted by Crippen LogP contribution is 2.40. The van der Waals surface area contributed by atoms with Crippen molar-refractivity contribution in [1.29, 1.82) is 0 Å². The molecule has 0 aliphatic rings. The van der Waals surface area contributed by atoms with Gasteiger partial charge >= 0.3 is 6.18 Å². The van der Waals surface area contributed by atoms with Gasteiger partial charge in [-0.25, -0.2) is 14.1 Å². The van der Waals surface area contributed by atoms with Crippen LogP contribution in [-0.2, 0) is 13.2 Å². The summed E-state index contributed by atoms with van der Waals surface area (Å²) in [5.41, 5.74) is -1.23. The lowest BCUT2D eigenvalue weighted by Gasteiger charge is -2.17. The van der Waals surface area contributed by atoms with Crippen molar-refractivity contribution in [2.45, 2.75) is 26.9 Å². The van der Waals surface area contributed by atoms with E-state index in [1.54, 1.807) is 20.9 Å². The average Bonchev–Trinajstić information content (AvgIpc) is 3.17. The minimum Gasteiger partial charge on any atom is -0.437 e. The lowest BCUT2D eigenvalue weighted by atomic mass is 10.0. The smallest absolute Gasteiger partial charge is 0.435 e. The third kappa shape index (κ3) is 4.35. The number of aryl methyl sites for hydroxylation is 3. The van der Waals surface area contributed by atoms with Crippen molar-refractivity contribution in [3.8, 4) is 34.4 Å². The molecule has 0 fully saturated rings. The summed E-state index contributed by atoms with van der Waals surface area (Å²) in [4.78, 5) is 25.0. The molecule has 0 radical (unpaired) electrons. The van der Waals surface area contributed by atoms with Gasteiger partial charge in [0.05, 0.1) is 22.2 Å². The fraction of sp³-hybridized carbons (Fsp3) is 0.200. The molecule has 5 aromatic rings. The fourth-order valence-electron chi connectivity index (χ4n) is 4.21. The van der Waals surface area contributed by atoms with Crippen molar-refractivity contribution in [2.75, 3.05) is 0 Å². The average molecular weight is 525 g/mol. The number of benzene rings is 1. The molecule has 0 aliphatic heterocycles. The number of nitrogens with one attached hydrogen (secondary N) is 1. The molecule has 0 bridgehead atoms. The number of aromatic nitrogens is 7. The van der Waals surface area contributed by atoms with E-state index < -0.39 is 23.1 Å².